The molecular weight excluding hydrogens is 495 g/mol. The fraction of sp³-hybridized carbons (Fsp3) is 0.0500. The van der Waals surface area contributed by atoms with Crippen molar-refractivity contribution in [1.82, 2.24) is 14.6 Å². The molecule has 2 aromatic heterocycles. The molecule has 1 amide bonds. The number of rotatable bonds is 4. The number of carbonyl (C=O) groups excluding carboxylic acids is 1. The lowest BCUT2D eigenvalue weighted by Crippen LogP contribution is -2.16. The Kier molecular flexibility index (Phi) is 5.38. The molecule has 0 aliphatic heterocycles. The number of benzene rings is 2. The SMILES string of the molecule is O=C(Nc1ccc([N+](=O)[O-])cc1Br)c1cc2nc(-c3ccccc3)cc(C(F)(F)F)n2n1. The zero-order chi connectivity index (χ0) is 23.0. The summed E-state index contributed by atoms with van der Waals surface area (Å²) in [6.45, 7) is 0. The van der Waals surface area contributed by atoms with Gasteiger partial charge >= 0.3 is 6.18 Å². The van der Waals surface area contributed by atoms with Crippen molar-refractivity contribution in [2.75, 3.05) is 5.32 Å². The predicted molar refractivity (Wildman–Crippen MR) is 112 cm³/mol. The first-order valence-electron chi connectivity index (χ1n) is 8.92. The highest BCUT2D eigenvalue weighted by molar-refractivity contribution is 9.10. The molecule has 0 atom stereocenters. The van der Waals surface area contributed by atoms with E-state index in [0.717, 1.165) is 12.1 Å². The van der Waals surface area contributed by atoms with Gasteiger partial charge in [0, 0.05) is 28.2 Å². The molecule has 0 bridgehead atoms. The smallest absolute Gasteiger partial charge is 0.320 e. The Morgan fingerprint density at radius 2 is 1.81 bits per heavy atom. The molecule has 162 valence electrons. The average Bonchev–Trinajstić information content (AvgIpc) is 3.18. The summed E-state index contributed by atoms with van der Waals surface area (Å²) >= 11 is 3.12. The minimum Gasteiger partial charge on any atom is -0.320 e. The highest BCUT2D eigenvalue weighted by Gasteiger charge is 2.35. The zero-order valence-electron chi connectivity index (χ0n) is 15.8. The molecule has 0 unspecified atom stereocenters. The molecule has 4 aromatic rings. The normalized spacial score (nSPS) is 11.5. The molecular formula is C20H11BrF3N5O3. The standard InChI is InChI=1S/C20H11BrF3N5O3/c21-13-8-12(29(31)32)6-7-14(13)26-19(30)16-10-18-25-15(11-4-2-1-3-5-11)9-17(20(22,23)24)28(18)27-16/h1-10H,(H,26,30). The number of hydrogen-bond acceptors (Lipinski definition) is 5. The van der Waals surface area contributed by atoms with Crippen LogP contribution in [0.15, 0.2) is 65.1 Å². The third-order valence-electron chi connectivity index (χ3n) is 4.43. The number of nitro groups is 1. The van der Waals surface area contributed by atoms with E-state index in [-0.39, 0.29) is 32.9 Å². The first-order chi connectivity index (χ1) is 15.1. The third-order valence-corrected chi connectivity index (χ3v) is 5.09. The molecule has 0 saturated heterocycles. The lowest BCUT2D eigenvalue weighted by atomic mass is 10.1. The van der Waals surface area contributed by atoms with Gasteiger partial charge in [0.2, 0.25) is 0 Å². The summed E-state index contributed by atoms with van der Waals surface area (Å²) in [6.07, 6.45) is -4.74. The van der Waals surface area contributed by atoms with Gasteiger partial charge < -0.3 is 5.32 Å². The average molecular weight is 506 g/mol. The molecule has 12 heteroatoms. The highest BCUT2D eigenvalue weighted by atomic mass is 79.9. The molecule has 0 radical (unpaired) electrons. The second-order valence-electron chi connectivity index (χ2n) is 6.57. The van der Waals surface area contributed by atoms with Crippen molar-refractivity contribution in [1.29, 1.82) is 0 Å². The molecule has 4 rings (SSSR count). The molecule has 0 aliphatic rings. The highest BCUT2D eigenvalue weighted by Crippen LogP contribution is 2.32. The number of aromatic nitrogens is 3. The Hall–Kier alpha value is -3.80. The number of nitro benzene ring substituents is 1. The van der Waals surface area contributed by atoms with Crippen LogP contribution in [0.4, 0.5) is 24.5 Å². The van der Waals surface area contributed by atoms with Gasteiger partial charge in [-0.2, -0.15) is 18.3 Å². The number of carbonyl (C=O) groups is 1. The Bertz CT molecular complexity index is 1360. The molecule has 0 aliphatic carbocycles. The molecule has 0 saturated carbocycles. The van der Waals surface area contributed by atoms with Gasteiger partial charge in [-0.25, -0.2) is 9.50 Å². The van der Waals surface area contributed by atoms with E-state index < -0.39 is 22.7 Å². The number of amides is 1. The quantitative estimate of drug-likeness (QED) is 0.298. The Balaban J connectivity index is 1.74. The summed E-state index contributed by atoms with van der Waals surface area (Å²) in [5.41, 5.74) is -1.01. The number of hydrogen-bond donors (Lipinski definition) is 1. The fourth-order valence-electron chi connectivity index (χ4n) is 2.95. The number of non-ortho nitro benzene ring substituents is 1. The maximum Gasteiger partial charge on any atom is 0.433 e. The third kappa shape index (κ3) is 4.17. The van der Waals surface area contributed by atoms with E-state index in [1.807, 2.05) is 0 Å². The van der Waals surface area contributed by atoms with Gasteiger partial charge in [0.05, 0.1) is 16.3 Å². The summed E-state index contributed by atoms with van der Waals surface area (Å²) in [4.78, 5) is 27.1. The molecule has 8 nitrogen and oxygen atoms in total. The number of nitrogens with one attached hydrogen (secondary N) is 1. The number of alkyl halides is 3. The van der Waals surface area contributed by atoms with Gasteiger partial charge in [0.25, 0.3) is 11.6 Å². The number of anilines is 1. The molecule has 2 heterocycles. The van der Waals surface area contributed by atoms with Crippen LogP contribution in [0.1, 0.15) is 16.2 Å². The topological polar surface area (TPSA) is 102 Å². The van der Waals surface area contributed by atoms with Crippen LogP contribution in [0.3, 0.4) is 0 Å². The van der Waals surface area contributed by atoms with Crippen LogP contribution in [0.25, 0.3) is 16.9 Å². The Morgan fingerprint density at radius 3 is 2.44 bits per heavy atom. The largest absolute Gasteiger partial charge is 0.433 e. The van der Waals surface area contributed by atoms with Crippen LogP contribution in [0.2, 0.25) is 0 Å². The lowest BCUT2D eigenvalue weighted by Gasteiger charge is -2.11. The van der Waals surface area contributed by atoms with Crippen LogP contribution in [0.5, 0.6) is 0 Å². The van der Waals surface area contributed by atoms with E-state index in [2.05, 4.69) is 31.3 Å². The van der Waals surface area contributed by atoms with Crippen molar-refractivity contribution in [3.63, 3.8) is 0 Å². The van der Waals surface area contributed by atoms with Gasteiger partial charge in [-0.1, -0.05) is 30.3 Å². The molecule has 32 heavy (non-hydrogen) atoms. The second-order valence-corrected chi connectivity index (χ2v) is 7.42. The monoisotopic (exact) mass is 505 g/mol. The first-order valence-corrected chi connectivity index (χ1v) is 9.71. The van der Waals surface area contributed by atoms with Gasteiger partial charge in [-0.3, -0.25) is 14.9 Å². The van der Waals surface area contributed by atoms with Crippen LogP contribution in [-0.4, -0.2) is 25.4 Å². The lowest BCUT2D eigenvalue weighted by molar-refractivity contribution is -0.384. The molecule has 0 fully saturated rings. The number of nitrogens with zero attached hydrogens (tertiary/aromatic N) is 4. The minimum atomic E-state index is -4.74. The van der Waals surface area contributed by atoms with Crippen molar-refractivity contribution in [2.45, 2.75) is 6.18 Å². The van der Waals surface area contributed by atoms with E-state index in [1.165, 1.54) is 18.2 Å². The van der Waals surface area contributed by atoms with Crippen molar-refractivity contribution in [3.8, 4) is 11.3 Å². The van der Waals surface area contributed by atoms with Gasteiger partial charge in [-0.15, -0.1) is 0 Å². The fourth-order valence-corrected chi connectivity index (χ4v) is 3.42. The maximum atomic E-state index is 13.7. The summed E-state index contributed by atoms with van der Waals surface area (Å²) in [5, 5.41) is 17.1. The van der Waals surface area contributed by atoms with Gasteiger partial charge in [0.15, 0.2) is 17.0 Å². The maximum absolute atomic E-state index is 13.7. The summed E-state index contributed by atoms with van der Waals surface area (Å²) in [6, 6.07) is 14.0. The van der Waals surface area contributed by atoms with Crippen LogP contribution >= 0.6 is 15.9 Å². The predicted octanol–water partition coefficient (Wildman–Crippen LogP) is 5.34. The Labute approximate surface area is 186 Å². The van der Waals surface area contributed by atoms with Crippen LogP contribution in [-0.2, 0) is 6.18 Å². The summed E-state index contributed by atoms with van der Waals surface area (Å²) < 4.78 is 41.8. The van der Waals surface area contributed by atoms with E-state index in [1.54, 1.807) is 30.3 Å². The molecule has 2 aromatic carbocycles. The van der Waals surface area contributed by atoms with Crippen molar-refractivity contribution >= 4 is 38.9 Å². The first kappa shape index (κ1) is 21.4. The van der Waals surface area contributed by atoms with E-state index in [9.17, 15) is 28.1 Å². The van der Waals surface area contributed by atoms with E-state index in [0.29, 0.717) is 10.1 Å². The van der Waals surface area contributed by atoms with Crippen molar-refractivity contribution in [3.05, 3.63) is 86.6 Å². The zero-order valence-corrected chi connectivity index (χ0v) is 17.4. The van der Waals surface area contributed by atoms with E-state index >= 15 is 0 Å². The number of fused-ring (bicyclic) bond motifs is 1. The van der Waals surface area contributed by atoms with Crippen molar-refractivity contribution in [2.24, 2.45) is 0 Å². The van der Waals surface area contributed by atoms with Gasteiger partial charge in [-0.05, 0) is 28.1 Å². The number of halogens is 4. The molecule has 0 spiro atoms. The second kappa shape index (κ2) is 8.04. The molecule has 1 N–H and O–H groups in total. The Morgan fingerprint density at radius 1 is 1.09 bits per heavy atom. The van der Waals surface area contributed by atoms with Gasteiger partial charge in [0.1, 0.15) is 0 Å². The van der Waals surface area contributed by atoms with Crippen LogP contribution in [0, 0.1) is 10.1 Å². The summed E-state index contributed by atoms with van der Waals surface area (Å²) in [5.74, 6) is -0.806. The van der Waals surface area contributed by atoms with Crippen LogP contribution < -0.4 is 5.32 Å². The minimum absolute atomic E-state index is 0.0791. The van der Waals surface area contributed by atoms with Crippen molar-refractivity contribution < 1.29 is 22.9 Å². The summed E-state index contributed by atoms with van der Waals surface area (Å²) in [7, 11) is 0. The van der Waals surface area contributed by atoms with E-state index in [4.69, 9.17) is 0 Å².